The number of carbonyl (C=O) groups is 7. The van der Waals surface area contributed by atoms with Crippen LogP contribution in [0.2, 0.25) is 0 Å². The van der Waals surface area contributed by atoms with E-state index in [2.05, 4.69) is 16.0 Å². The van der Waals surface area contributed by atoms with Gasteiger partial charge in [0, 0.05) is 25.8 Å². The van der Waals surface area contributed by atoms with E-state index in [0.717, 1.165) is 15.7 Å². The van der Waals surface area contributed by atoms with Crippen molar-refractivity contribution in [2.75, 3.05) is 25.6 Å². The normalized spacial score (nSPS) is 16.5. The van der Waals surface area contributed by atoms with Crippen molar-refractivity contribution < 1.29 is 43.4 Å². The number of nitrogens with one attached hydrogen (secondary N) is 3. The summed E-state index contributed by atoms with van der Waals surface area (Å²) < 4.78 is 5.46. The maximum absolute atomic E-state index is 13.7. The number of carbonyl (C=O) groups excluding carboxylic acids is 6. The van der Waals surface area contributed by atoms with E-state index >= 15 is 0 Å². The smallest absolute Gasteiger partial charge is 0.303 e. The van der Waals surface area contributed by atoms with Gasteiger partial charge in [-0.15, -0.1) is 11.6 Å². The number of nitrogens with two attached hydrogens (primary N) is 2. The highest BCUT2D eigenvalue weighted by molar-refractivity contribution is 6.27. The van der Waals surface area contributed by atoms with Crippen LogP contribution in [0.5, 0.6) is 0 Å². The van der Waals surface area contributed by atoms with Gasteiger partial charge in [-0.25, -0.2) is 0 Å². The lowest BCUT2D eigenvalue weighted by Gasteiger charge is -2.37. The Kier molecular flexibility index (Phi) is 13.3. The fourth-order valence-corrected chi connectivity index (χ4v) is 5.04. The Morgan fingerprint density at radius 2 is 1.61 bits per heavy atom. The van der Waals surface area contributed by atoms with Crippen molar-refractivity contribution >= 4 is 63.8 Å². The van der Waals surface area contributed by atoms with Gasteiger partial charge in [0.05, 0.1) is 13.2 Å². The topological polar surface area (TPSA) is 240 Å². The number of morpholine rings is 1. The van der Waals surface area contributed by atoms with Gasteiger partial charge in [-0.3, -0.25) is 33.6 Å². The Morgan fingerprint density at radius 1 is 0.913 bits per heavy atom. The van der Waals surface area contributed by atoms with Gasteiger partial charge < -0.3 is 42.2 Å². The third kappa shape index (κ3) is 10.4. The number of halogens is 1. The number of alkyl halides is 1. The van der Waals surface area contributed by atoms with Crippen molar-refractivity contribution in [1.29, 1.82) is 0 Å². The van der Waals surface area contributed by atoms with Crippen LogP contribution in [0.25, 0.3) is 10.8 Å². The van der Waals surface area contributed by atoms with E-state index in [9.17, 15) is 33.6 Å². The molecule has 1 aliphatic heterocycles. The van der Waals surface area contributed by atoms with E-state index < -0.39 is 77.9 Å². The summed E-state index contributed by atoms with van der Waals surface area (Å²) in [6.45, 7) is -0.249. The van der Waals surface area contributed by atoms with E-state index in [4.69, 9.17) is 32.9 Å². The maximum atomic E-state index is 13.7. The Morgan fingerprint density at radius 3 is 2.26 bits per heavy atom. The molecule has 4 unspecified atom stereocenters. The number of ether oxygens (including phenoxy) is 1. The molecule has 0 radical (unpaired) electrons. The lowest BCUT2D eigenvalue weighted by molar-refractivity contribution is -0.152. The van der Waals surface area contributed by atoms with Crippen molar-refractivity contribution in [2.45, 2.75) is 56.3 Å². The zero-order chi connectivity index (χ0) is 33.8. The van der Waals surface area contributed by atoms with Crippen molar-refractivity contribution in [1.82, 2.24) is 20.9 Å². The van der Waals surface area contributed by atoms with Crippen LogP contribution in [0.1, 0.15) is 31.2 Å². The minimum Gasteiger partial charge on any atom is -0.481 e. The van der Waals surface area contributed by atoms with Crippen LogP contribution in [-0.4, -0.2) is 101 Å². The molecule has 3 rings (SSSR count). The van der Waals surface area contributed by atoms with Crippen LogP contribution >= 0.6 is 11.6 Å². The zero-order valence-corrected chi connectivity index (χ0v) is 25.7. The number of nitrogens with zero attached hydrogens (tertiary/aromatic N) is 1. The van der Waals surface area contributed by atoms with Crippen molar-refractivity contribution in [3.05, 3.63) is 48.0 Å². The molecule has 8 N–H and O–H groups in total. The molecule has 0 saturated carbocycles. The molecule has 0 spiro atoms. The highest BCUT2D eigenvalue weighted by Gasteiger charge is 2.38. The minimum absolute atomic E-state index is 0.0295. The first-order chi connectivity index (χ1) is 21.9. The molecule has 1 heterocycles. The number of fused-ring (bicyclic) bond motifs is 1. The predicted molar refractivity (Wildman–Crippen MR) is 165 cm³/mol. The van der Waals surface area contributed by atoms with Crippen LogP contribution in [0.15, 0.2) is 42.5 Å². The number of hydrogen-bond acceptors (Lipinski definition) is 8. The van der Waals surface area contributed by atoms with Crippen molar-refractivity contribution in [2.24, 2.45) is 11.5 Å². The first kappa shape index (κ1) is 35.7. The molecular formula is C30H37ClN6O9. The molecule has 1 saturated heterocycles. The highest BCUT2D eigenvalue weighted by Crippen LogP contribution is 2.18. The Hall–Kier alpha value is -4.76. The second kappa shape index (κ2) is 17.1. The van der Waals surface area contributed by atoms with Crippen molar-refractivity contribution in [3.63, 3.8) is 0 Å². The summed E-state index contributed by atoms with van der Waals surface area (Å²) in [5.41, 5.74) is 11.3. The Bertz CT molecular complexity index is 1470. The first-order valence-corrected chi connectivity index (χ1v) is 15.0. The molecular weight excluding hydrogens is 624 g/mol. The predicted octanol–water partition coefficient (Wildman–Crippen LogP) is -1.08. The number of carboxylic acid groups (broad SMARTS) is 1. The summed E-state index contributed by atoms with van der Waals surface area (Å²) >= 11 is 5.58. The average Bonchev–Trinajstić information content (AvgIpc) is 3.03. The van der Waals surface area contributed by atoms with E-state index in [0.29, 0.717) is 5.56 Å². The molecule has 0 aromatic heterocycles. The van der Waals surface area contributed by atoms with Gasteiger partial charge in [0.1, 0.15) is 30.0 Å². The van der Waals surface area contributed by atoms with Crippen LogP contribution < -0.4 is 27.4 Å². The minimum atomic E-state index is -1.28. The lowest BCUT2D eigenvalue weighted by Crippen LogP contribution is -2.62. The third-order valence-corrected chi connectivity index (χ3v) is 7.58. The van der Waals surface area contributed by atoms with Gasteiger partial charge >= 0.3 is 5.97 Å². The number of carboxylic acids is 1. The molecule has 16 heteroatoms. The number of hydrogen-bond donors (Lipinski definition) is 6. The van der Waals surface area contributed by atoms with Crippen LogP contribution in [0.3, 0.4) is 0 Å². The molecule has 2 aromatic rings. The second-order valence-electron chi connectivity index (χ2n) is 10.7. The standard InChI is InChI=1S/C30H37ClN6O9/c31-15-25(39)34-21(8-10-26(40)41)30(45)37-11-12-46-16-23(37)29(44)36-22(28(43)35-20(27(33)42)7-9-24(32)38)14-17-5-6-18-3-1-2-4-19(18)13-17/h1-6,13,20-23H,7-12,14-16H2,(H2,32,38)(H2,33,42)(H,34,39)(H,35,43)(H,36,44)(H,40,41). The molecule has 0 aliphatic carbocycles. The molecule has 2 aromatic carbocycles. The van der Waals surface area contributed by atoms with Gasteiger partial charge in [0.15, 0.2) is 0 Å². The lowest BCUT2D eigenvalue weighted by atomic mass is 10.00. The fourth-order valence-electron chi connectivity index (χ4n) is 4.97. The summed E-state index contributed by atoms with van der Waals surface area (Å²) in [5, 5.41) is 18.5. The molecule has 248 valence electrons. The average molecular weight is 661 g/mol. The van der Waals surface area contributed by atoms with Crippen LogP contribution in [-0.2, 0) is 44.7 Å². The first-order valence-electron chi connectivity index (χ1n) is 14.5. The van der Waals surface area contributed by atoms with E-state index in [-0.39, 0.29) is 45.4 Å². The number of amides is 6. The molecule has 15 nitrogen and oxygen atoms in total. The summed E-state index contributed by atoms with van der Waals surface area (Å²) in [7, 11) is 0. The molecule has 6 amide bonds. The number of rotatable bonds is 16. The quantitative estimate of drug-likeness (QED) is 0.120. The van der Waals surface area contributed by atoms with E-state index in [1.54, 1.807) is 6.07 Å². The van der Waals surface area contributed by atoms with E-state index in [1.807, 2.05) is 36.4 Å². The Balaban J connectivity index is 1.88. The van der Waals surface area contributed by atoms with Crippen molar-refractivity contribution in [3.8, 4) is 0 Å². The van der Waals surface area contributed by atoms with Crippen LogP contribution in [0, 0.1) is 0 Å². The van der Waals surface area contributed by atoms with Gasteiger partial charge in [-0.1, -0.05) is 42.5 Å². The molecule has 1 aliphatic rings. The van der Waals surface area contributed by atoms with Gasteiger partial charge in [0.25, 0.3) is 0 Å². The summed E-state index contributed by atoms with van der Waals surface area (Å²) in [6, 6.07) is 7.91. The van der Waals surface area contributed by atoms with Gasteiger partial charge in [-0.05, 0) is 29.2 Å². The summed E-state index contributed by atoms with van der Waals surface area (Å²) in [4.78, 5) is 88.5. The van der Waals surface area contributed by atoms with Crippen LogP contribution in [0.4, 0.5) is 0 Å². The molecule has 4 atom stereocenters. The highest BCUT2D eigenvalue weighted by atomic mass is 35.5. The summed E-state index contributed by atoms with van der Waals surface area (Å²) in [5.74, 6) is -6.25. The molecule has 1 fully saturated rings. The van der Waals surface area contributed by atoms with Gasteiger partial charge in [-0.2, -0.15) is 0 Å². The summed E-state index contributed by atoms with van der Waals surface area (Å²) in [6.07, 6.45) is -1.11. The maximum Gasteiger partial charge on any atom is 0.303 e. The number of benzene rings is 2. The Labute approximate surface area is 269 Å². The van der Waals surface area contributed by atoms with Gasteiger partial charge in [0.2, 0.25) is 35.4 Å². The third-order valence-electron chi connectivity index (χ3n) is 7.34. The molecule has 46 heavy (non-hydrogen) atoms. The zero-order valence-electron chi connectivity index (χ0n) is 24.9. The molecule has 0 bridgehead atoms. The fraction of sp³-hybridized carbons (Fsp3) is 0.433. The SMILES string of the molecule is NC(=O)CCC(NC(=O)C(Cc1ccc2ccccc2c1)NC(=O)C1COCCN1C(=O)C(CCC(=O)O)NC(=O)CCl)C(N)=O. The monoisotopic (exact) mass is 660 g/mol. The largest absolute Gasteiger partial charge is 0.481 e. The number of aliphatic carboxylic acids is 1. The second-order valence-corrected chi connectivity index (χ2v) is 11.0. The number of primary amides is 2. The van der Waals surface area contributed by atoms with E-state index in [1.165, 1.54) is 0 Å².